The summed E-state index contributed by atoms with van der Waals surface area (Å²) in [6.45, 7) is 1.97. The van der Waals surface area contributed by atoms with E-state index in [0.717, 1.165) is 24.2 Å². The smallest absolute Gasteiger partial charge is 0.320 e. The maximum atomic E-state index is 12.2. The van der Waals surface area contributed by atoms with Crippen molar-refractivity contribution in [1.29, 1.82) is 0 Å². The van der Waals surface area contributed by atoms with Crippen LogP contribution in [0, 0.1) is 0 Å². The van der Waals surface area contributed by atoms with E-state index < -0.39 is 0 Å². The number of fused-ring (bicyclic) bond motifs is 1. The second-order valence-corrected chi connectivity index (χ2v) is 5.79. The summed E-state index contributed by atoms with van der Waals surface area (Å²) in [6.07, 6.45) is 0.780. The van der Waals surface area contributed by atoms with Crippen LogP contribution >= 0.6 is 11.6 Å². The Bertz CT molecular complexity index is 578. The molecule has 0 saturated carbocycles. The van der Waals surface area contributed by atoms with E-state index in [0.29, 0.717) is 13.1 Å². The highest BCUT2D eigenvalue weighted by Crippen LogP contribution is 2.30. The normalized spacial score (nSPS) is 21.7. The third-order valence-corrected chi connectivity index (χ3v) is 4.46. The predicted molar refractivity (Wildman–Crippen MR) is 81.7 cm³/mol. The minimum Gasteiger partial charge on any atom is -0.326 e. The zero-order chi connectivity index (χ0) is 15.0. The molecule has 1 aromatic rings. The summed E-state index contributed by atoms with van der Waals surface area (Å²) in [5.41, 5.74) is 2.01. The van der Waals surface area contributed by atoms with E-state index in [1.54, 1.807) is 16.8 Å². The number of anilines is 1. The number of likely N-dealkylation sites (N-methyl/N-ethyl adjacent to an activating group) is 1. The number of nitrogens with zero attached hydrogens (tertiary/aromatic N) is 3. The van der Waals surface area contributed by atoms with Gasteiger partial charge in [0, 0.05) is 32.4 Å². The van der Waals surface area contributed by atoms with Crippen molar-refractivity contribution in [1.82, 2.24) is 9.80 Å². The summed E-state index contributed by atoms with van der Waals surface area (Å²) in [4.78, 5) is 29.6. The van der Waals surface area contributed by atoms with Gasteiger partial charge in [0.1, 0.15) is 5.88 Å². The fraction of sp³-hybridized carbons (Fsp3) is 0.467. The number of carbonyl (C=O) groups is 2. The molecule has 2 heterocycles. The molecule has 1 saturated heterocycles. The Morgan fingerprint density at radius 3 is 2.76 bits per heavy atom. The number of benzene rings is 1. The average molecular weight is 308 g/mol. The zero-order valence-corrected chi connectivity index (χ0v) is 12.7. The number of amides is 3. The number of halogens is 1. The molecule has 0 radical (unpaired) electrons. The molecular weight excluding hydrogens is 290 g/mol. The number of alkyl halides is 1. The molecule has 21 heavy (non-hydrogen) atoms. The van der Waals surface area contributed by atoms with Crippen LogP contribution in [-0.2, 0) is 11.2 Å². The SMILES string of the molecule is CN1CCN(C2Cc3ccccc3N(C(=O)CCl)C2)C1=O. The Labute approximate surface area is 129 Å². The lowest BCUT2D eigenvalue weighted by molar-refractivity contribution is -0.116. The van der Waals surface area contributed by atoms with Crippen molar-refractivity contribution in [3.8, 4) is 0 Å². The summed E-state index contributed by atoms with van der Waals surface area (Å²) in [7, 11) is 1.81. The molecule has 5 nitrogen and oxygen atoms in total. The molecule has 6 heteroatoms. The lowest BCUT2D eigenvalue weighted by Gasteiger charge is -2.38. The molecule has 1 atom stereocenters. The van der Waals surface area contributed by atoms with Gasteiger partial charge in [0.2, 0.25) is 5.91 Å². The summed E-state index contributed by atoms with van der Waals surface area (Å²) < 4.78 is 0. The first-order valence-corrected chi connectivity index (χ1v) is 7.61. The van der Waals surface area contributed by atoms with Crippen LogP contribution in [0.25, 0.3) is 0 Å². The molecule has 112 valence electrons. The molecule has 1 unspecified atom stereocenters. The molecule has 0 N–H and O–H groups in total. The second kappa shape index (κ2) is 5.56. The first-order chi connectivity index (χ1) is 10.1. The first-order valence-electron chi connectivity index (χ1n) is 7.07. The number of urea groups is 1. The van der Waals surface area contributed by atoms with Crippen molar-refractivity contribution in [2.24, 2.45) is 0 Å². The monoisotopic (exact) mass is 307 g/mol. The maximum absolute atomic E-state index is 12.2. The summed E-state index contributed by atoms with van der Waals surface area (Å²) in [6, 6.07) is 7.89. The van der Waals surface area contributed by atoms with Crippen molar-refractivity contribution < 1.29 is 9.59 Å². The molecule has 3 rings (SSSR count). The molecule has 3 amide bonds. The third kappa shape index (κ3) is 2.46. The molecule has 2 aliphatic heterocycles. The molecule has 0 aromatic heterocycles. The van der Waals surface area contributed by atoms with Crippen molar-refractivity contribution in [2.75, 3.05) is 37.5 Å². The summed E-state index contributed by atoms with van der Waals surface area (Å²) in [5.74, 6) is -0.164. The van der Waals surface area contributed by atoms with Gasteiger partial charge in [-0.15, -0.1) is 11.6 Å². The third-order valence-electron chi connectivity index (χ3n) is 4.24. The first kappa shape index (κ1) is 14.2. The highest BCUT2D eigenvalue weighted by Gasteiger charge is 2.37. The topological polar surface area (TPSA) is 43.9 Å². The van der Waals surface area contributed by atoms with Crippen molar-refractivity contribution in [3.05, 3.63) is 29.8 Å². The van der Waals surface area contributed by atoms with E-state index in [4.69, 9.17) is 11.6 Å². The number of carbonyl (C=O) groups excluding carboxylic acids is 2. The molecule has 1 aromatic carbocycles. The van der Waals surface area contributed by atoms with Crippen LogP contribution in [0.1, 0.15) is 5.56 Å². The van der Waals surface area contributed by atoms with E-state index in [9.17, 15) is 9.59 Å². The second-order valence-electron chi connectivity index (χ2n) is 5.52. The van der Waals surface area contributed by atoms with Gasteiger partial charge >= 0.3 is 6.03 Å². The Morgan fingerprint density at radius 2 is 2.10 bits per heavy atom. The summed E-state index contributed by atoms with van der Waals surface area (Å²) >= 11 is 5.73. The van der Waals surface area contributed by atoms with Crippen molar-refractivity contribution in [2.45, 2.75) is 12.5 Å². The predicted octanol–water partition coefficient (Wildman–Crippen LogP) is 1.55. The van der Waals surface area contributed by atoms with Crippen molar-refractivity contribution >= 4 is 29.2 Å². The van der Waals surface area contributed by atoms with E-state index in [-0.39, 0.29) is 23.9 Å². The number of para-hydroxylation sites is 1. The molecule has 0 aliphatic carbocycles. The van der Waals surface area contributed by atoms with Gasteiger partial charge in [-0.25, -0.2) is 4.79 Å². The quantitative estimate of drug-likeness (QED) is 0.778. The standard InChI is InChI=1S/C15H18ClN3O2/c1-17-6-7-18(15(17)21)12-8-11-4-2-3-5-13(11)19(10-12)14(20)9-16/h2-5,12H,6-10H2,1H3. The molecule has 0 bridgehead atoms. The number of hydrogen-bond donors (Lipinski definition) is 0. The van der Waals surface area contributed by atoms with Crippen LogP contribution in [0.2, 0.25) is 0 Å². The Hall–Kier alpha value is -1.75. The van der Waals surface area contributed by atoms with Gasteiger partial charge in [-0.05, 0) is 18.1 Å². The Balaban J connectivity index is 1.90. The van der Waals surface area contributed by atoms with Gasteiger partial charge in [-0.2, -0.15) is 0 Å². The van der Waals surface area contributed by atoms with Gasteiger partial charge < -0.3 is 14.7 Å². The van der Waals surface area contributed by atoms with Crippen LogP contribution in [0.5, 0.6) is 0 Å². The largest absolute Gasteiger partial charge is 0.326 e. The van der Waals surface area contributed by atoms with E-state index >= 15 is 0 Å². The van der Waals surface area contributed by atoms with E-state index in [1.165, 1.54) is 0 Å². The average Bonchev–Trinajstić information content (AvgIpc) is 2.85. The number of rotatable bonds is 2. The fourth-order valence-corrected chi connectivity index (χ4v) is 3.24. The molecule has 0 spiro atoms. The maximum Gasteiger partial charge on any atom is 0.320 e. The number of hydrogen-bond acceptors (Lipinski definition) is 2. The van der Waals surface area contributed by atoms with E-state index in [2.05, 4.69) is 0 Å². The molecular formula is C15H18ClN3O2. The molecule has 1 fully saturated rings. The van der Waals surface area contributed by atoms with Crippen LogP contribution < -0.4 is 4.90 Å². The lowest BCUT2D eigenvalue weighted by atomic mass is 9.97. The van der Waals surface area contributed by atoms with Crippen molar-refractivity contribution in [3.63, 3.8) is 0 Å². The Kier molecular flexibility index (Phi) is 3.76. The van der Waals surface area contributed by atoms with Gasteiger partial charge in [0.25, 0.3) is 0 Å². The van der Waals surface area contributed by atoms with Gasteiger partial charge in [0.15, 0.2) is 0 Å². The van der Waals surface area contributed by atoms with Crippen LogP contribution in [0.4, 0.5) is 10.5 Å². The zero-order valence-electron chi connectivity index (χ0n) is 12.0. The molecule has 2 aliphatic rings. The highest BCUT2D eigenvalue weighted by molar-refractivity contribution is 6.29. The van der Waals surface area contributed by atoms with Crippen LogP contribution in [0.3, 0.4) is 0 Å². The minimum atomic E-state index is -0.117. The van der Waals surface area contributed by atoms with Crippen LogP contribution in [0.15, 0.2) is 24.3 Å². The highest BCUT2D eigenvalue weighted by atomic mass is 35.5. The van der Waals surface area contributed by atoms with Crippen LogP contribution in [-0.4, -0.2) is 60.3 Å². The Morgan fingerprint density at radius 1 is 1.33 bits per heavy atom. The van der Waals surface area contributed by atoms with Gasteiger partial charge in [0.05, 0.1) is 6.04 Å². The van der Waals surface area contributed by atoms with Gasteiger partial charge in [-0.3, -0.25) is 4.79 Å². The van der Waals surface area contributed by atoms with E-state index in [1.807, 2.05) is 29.2 Å². The summed E-state index contributed by atoms with van der Waals surface area (Å²) in [5, 5.41) is 0. The lowest BCUT2D eigenvalue weighted by Crippen LogP contribution is -2.51. The fourth-order valence-electron chi connectivity index (χ4n) is 3.10. The minimum absolute atomic E-state index is 0.0181. The van der Waals surface area contributed by atoms with Gasteiger partial charge in [-0.1, -0.05) is 18.2 Å².